The van der Waals surface area contributed by atoms with E-state index in [1.165, 1.54) is 5.56 Å². The third-order valence-corrected chi connectivity index (χ3v) is 4.08. The molecule has 1 aromatic heterocycles. The van der Waals surface area contributed by atoms with E-state index in [0.29, 0.717) is 5.02 Å². The number of aromatic nitrogens is 1. The molecular weight excluding hydrogens is 291 g/mol. The highest BCUT2D eigenvalue weighted by Crippen LogP contribution is 2.25. The molecule has 0 fully saturated rings. The van der Waals surface area contributed by atoms with Crippen LogP contribution in [0.15, 0.2) is 36.7 Å². The summed E-state index contributed by atoms with van der Waals surface area (Å²) in [7, 11) is 0. The van der Waals surface area contributed by atoms with Crippen LogP contribution < -0.4 is 5.32 Å². The van der Waals surface area contributed by atoms with E-state index in [4.69, 9.17) is 23.2 Å². The summed E-state index contributed by atoms with van der Waals surface area (Å²) in [6, 6.07) is 8.33. The van der Waals surface area contributed by atoms with Crippen LogP contribution in [-0.4, -0.2) is 11.5 Å². The molecule has 0 amide bonds. The quantitative estimate of drug-likeness (QED) is 0.874. The molecule has 1 aromatic carbocycles. The third-order valence-electron chi connectivity index (χ3n) is 3.32. The van der Waals surface area contributed by atoms with Crippen molar-refractivity contribution in [2.24, 2.45) is 0 Å². The maximum Gasteiger partial charge on any atom is 0.0622 e. The number of benzene rings is 1. The minimum atomic E-state index is 0.218. The second kappa shape index (κ2) is 7.07. The zero-order chi connectivity index (χ0) is 14.5. The van der Waals surface area contributed by atoms with E-state index in [-0.39, 0.29) is 6.04 Å². The molecule has 0 spiro atoms. The van der Waals surface area contributed by atoms with Crippen molar-refractivity contribution in [3.8, 4) is 0 Å². The van der Waals surface area contributed by atoms with Gasteiger partial charge in [0.2, 0.25) is 0 Å². The van der Waals surface area contributed by atoms with Crippen molar-refractivity contribution in [1.82, 2.24) is 10.3 Å². The summed E-state index contributed by atoms with van der Waals surface area (Å²) in [5.74, 6) is 0. The van der Waals surface area contributed by atoms with Crippen molar-refractivity contribution in [2.75, 3.05) is 6.54 Å². The highest BCUT2D eigenvalue weighted by atomic mass is 35.5. The highest BCUT2D eigenvalue weighted by Gasteiger charge is 2.14. The van der Waals surface area contributed by atoms with Gasteiger partial charge >= 0.3 is 0 Å². The number of hydrogen-bond acceptors (Lipinski definition) is 2. The van der Waals surface area contributed by atoms with Crippen LogP contribution in [0.1, 0.15) is 29.7 Å². The van der Waals surface area contributed by atoms with E-state index in [0.717, 1.165) is 29.1 Å². The molecule has 0 aliphatic heterocycles. The Hall–Kier alpha value is -1.09. The van der Waals surface area contributed by atoms with Crippen molar-refractivity contribution in [3.63, 3.8) is 0 Å². The number of aryl methyl sites for hydroxylation is 1. The molecule has 0 aliphatic carbocycles. The monoisotopic (exact) mass is 308 g/mol. The molecule has 1 unspecified atom stereocenters. The third kappa shape index (κ3) is 3.72. The van der Waals surface area contributed by atoms with E-state index in [1.807, 2.05) is 19.1 Å². The minimum Gasteiger partial charge on any atom is -0.310 e. The van der Waals surface area contributed by atoms with Gasteiger partial charge in [0.05, 0.1) is 5.02 Å². The highest BCUT2D eigenvalue weighted by molar-refractivity contribution is 6.31. The summed E-state index contributed by atoms with van der Waals surface area (Å²) in [5, 5.41) is 5.01. The molecule has 20 heavy (non-hydrogen) atoms. The van der Waals surface area contributed by atoms with Gasteiger partial charge in [0.15, 0.2) is 0 Å². The molecular formula is C16H18Cl2N2. The topological polar surface area (TPSA) is 24.9 Å². The Bertz CT molecular complexity index is 584. The van der Waals surface area contributed by atoms with E-state index in [1.54, 1.807) is 12.4 Å². The molecule has 1 atom stereocenters. The maximum atomic E-state index is 6.20. The maximum absolute atomic E-state index is 6.20. The fourth-order valence-corrected chi connectivity index (χ4v) is 2.54. The Balaban J connectivity index is 2.27. The van der Waals surface area contributed by atoms with Crippen molar-refractivity contribution in [1.29, 1.82) is 0 Å². The molecule has 1 N–H and O–H groups in total. The molecule has 106 valence electrons. The molecule has 0 bridgehead atoms. The molecule has 0 saturated carbocycles. The van der Waals surface area contributed by atoms with Crippen LogP contribution in [0.25, 0.3) is 0 Å². The predicted molar refractivity (Wildman–Crippen MR) is 85.6 cm³/mol. The van der Waals surface area contributed by atoms with E-state index in [9.17, 15) is 0 Å². The molecule has 2 rings (SSSR count). The Morgan fingerprint density at radius 2 is 2.00 bits per heavy atom. The Morgan fingerprint density at radius 1 is 1.20 bits per heavy atom. The minimum absolute atomic E-state index is 0.218. The van der Waals surface area contributed by atoms with Gasteiger partial charge in [0.1, 0.15) is 0 Å². The standard InChI is InChI=1S/C16H18Cl2N2/c1-3-20-16(9-12-6-7-19-10-15(12)18)13-4-5-14(17)11(2)8-13/h4-8,10,16,20H,3,9H2,1-2H3. The van der Waals surface area contributed by atoms with Crippen molar-refractivity contribution in [3.05, 3.63) is 63.4 Å². The largest absolute Gasteiger partial charge is 0.310 e. The summed E-state index contributed by atoms with van der Waals surface area (Å²) >= 11 is 12.3. The van der Waals surface area contributed by atoms with Gasteiger partial charge in [-0.05, 0) is 48.7 Å². The number of pyridine rings is 1. The number of likely N-dealkylation sites (N-methyl/N-ethyl adjacent to an activating group) is 1. The summed E-state index contributed by atoms with van der Waals surface area (Å²) in [5.41, 5.74) is 3.41. The van der Waals surface area contributed by atoms with E-state index in [2.05, 4.69) is 29.4 Å². The molecule has 2 nitrogen and oxygen atoms in total. The van der Waals surface area contributed by atoms with Gasteiger partial charge in [-0.15, -0.1) is 0 Å². The first-order valence-electron chi connectivity index (χ1n) is 6.69. The number of nitrogens with one attached hydrogen (secondary N) is 1. The van der Waals surface area contributed by atoms with Gasteiger partial charge in [0.25, 0.3) is 0 Å². The van der Waals surface area contributed by atoms with Gasteiger partial charge in [-0.3, -0.25) is 4.98 Å². The number of halogens is 2. The second-order valence-electron chi connectivity index (χ2n) is 4.79. The number of nitrogens with zero attached hydrogens (tertiary/aromatic N) is 1. The Kier molecular flexibility index (Phi) is 5.41. The second-order valence-corrected chi connectivity index (χ2v) is 5.60. The Morgan fingerprint density at radius 3 is 2.65 bits per heavy atom. The normalized spacial score (nSPS) is 12.4. The SMILES string of the molecule is CCNC(Cc1ccncc1Cl)c1ccc(Cl)c(C)c1. The molecule has 4 heteroatoms. The molecule has 1 heterocycles. The first-order valence-corrected chi connectivity index (χ1v) is 7.45. The molecule has 2 aromatic rings. The Labute approximate surface area is 130 Å². The van der Waals surface area contributed by atoms with Crippen LogP contribution in [0.3, 0.4) is 0 Å². The predicted octanol–water partition coefficient (Wildman–Crippen LogP) is 4.59. The zero-order valence-corrected chi connectivity index (χ0v) is 13.2. The smallest absolute Gasteiger partial charge is 0.0622 e. The lowest BCUT2D eigenvalue weighted by molar-refractivity contribution is 0.549. The summed E-state index contributed by atoms with van der Waals surface area (Å²) < 4.78 is 0. The van der Waals surface area contributed by atoms with E-state index >= 15 is 0 Å². The number of hydrogen-bond donors (Lipinski definition) is 1. The average Bonchev–Trinajstić information content (AvgIpc) is 2.44. The van der Waals surface area contributed by atoms with Gasteiger partial charge in [-0.2, -0.15) is 0 Å². The van der Waals surface area contributed by atoms with Crippen molar-refractivity contribution < 1.29 is 0 Å². The van der Waals surface area contributed by atoms with Crippen molar-refractivity contribution in [2.45, 2.75) is 26.3 Å². The lowest BCUT2D eigenvalue weighted by atomic mass is 9.98. The van der Waals surface area contributed by atoms with Crippen LogP contribution in [0, 0.1) is 6.92 Å². The lowest BCUT2D eigenvalue weighted by Gasteiger charge is -2.20. The summed E-state index contributed by atoms with van der Waals surface area (Å²) in [4.78, 5) is 4.03. The summed E-state index contributed by atoms with van der Waals surface area (Å²) in [6.07, 6.45) is 4.29. The lowest BCUT2D eigenvalue weighted by Crippen LogP contribution is -2.23. The first kappa shape index (κ1) is 15.3. The zero-order valence-electron chi connectivity index (χ0n) is 11.7. The fourth-order valence-electron chi connectivity index (χ4n) is 2.23. The molecule has 0 aliphatic rings. The first-order chi connectivity index (χ1) is 9.61. The molecule has 0 saturated heterocycles. The summed E-state index contributed by atoms with van der Waals surface area (Å²) in [6.45, 7) is 5.02. The van der Waals surface area contributed by atoms with Gasteiger partial charge < -0.3 is 5.32 Å². The number of rotatable bonds is 5. The van der Waals surface area contributed by atoms with Crippen LogP contribution >= 0.6 is 23.2 Å². The van der Waals surface area contributed by atoms with E-state index < -0.39 is 0 Å². The average molecular weight is 309 g/mol. The van der Waals surface area contributed by atoms with Gasteiger partial charge in [-0.25, -0.2) is 0 Å². The van der Waals surface area contributed by atoms with Crippen LogP contribution in [-0.2, 0) is 6.42 Å². The van der Waals surface area contributed by atoms with Crippen molar-refractivity contribution >= 4 is 23.2 Å². The van der Waals surface area contributed by atoms with Crippen LogP contribution in [0.2, 0.25) is 10.0 Å². The van der Waals surface area contributed by atoms with Crippen LogP contribution in [0.4, 0.5) is 0 Å². The van der Waals surface area contributed by atoms with Crippen LogP contribution in [0.5, 0.6) is 0 Å². The molecule has 0 radical (unpaired) electrons. The van der Waals surface area contributed by atoms with Gasteiger partial charge in [-0.1, -0.05) is 42.3 Å². The fraction of sp³-hybridized carbons (Fsp3) is 0.312. The van der Waals surface area contributed by atoms with Gasteiger partial charge in [0, 0.05) is 23.5 Å².